The van der Waals surface area contributed by atoms with E-state index >= 15 is 0 Å². The van der Waals surface area contributed by atoms with Gasteiger partial charge in [-0.2, -0.15) is 13.2 Å². The van der Waals surface area contributed by atoms with E-state index in [1.54, 1.807) is 0 Å². The van der Waals surface area contributed by atoms with Gasteiger partial charge in [0.2, 0.25) is 0 Å². The van der Waals surface area contributed by atoms with E-state index in [2.05, 4.69) is 37.6 Å². The second-order valence-corrected chi connectivity index (χ2v) is 6.60. The van der Waals surface area contributed by atoms with Gasteiger partial charge in [-0.05, 0) is 31.4 Å². The molecule has 1 saturated carbocycles. The third-order valence-corrected chi connectivity index (χ3v) is 4.58. The van der Waals surface area contributed by atoms with Crippen molar-refractivity contribution in [1.29, 1.82) is 0 Å². The van der Waals surface area contributed by atoms with Crippen LogP contribution in [0.1, 0.15) is 31.7 Å². The Morgan fingerprint density at radius 3 is 2.52 bits per heavy atom. The maximum absolute atomic E-state index is 12.2. The molecule has 2 N–H and O–H groups in total. The van der Waals surface area contributed by atoms with E-state index in [0.717, 1.165) is 17.3 Å². The van der Waals surface area contributed by atoms with Crippen molar-refractivity contribution in [3.63, 3.8) is 0 Å². The van der Waals surface area contributed by atoms with Gasteiger partial charge in [-0.3, -0.25) is 4.99 Å². The summed E-state index contributed by atoms with van der Waals surface area (Å²) in [5, 5.41) is 5.75. The standard InChI is InChI=1S/C16H21BrF3N3/c1-2-21-14(22-10-9-16(18,19)20)23-11-15(7-8-15)12-5-3-4-6-13(12)17/h3-6H,2,7-11H2,1H3,(H2,21,22,23). The molecule has 128 valence electrons. The van der Waals surface area contributed by atoms with E-state index < -0.39 is 12.6 Å². The molecule has 1 fully saturated rings. The minimum atomic E-state index is -4.16. The third-order valence-electron chi connectivity index (χ3n) is 3.88. The molecule has 2 rings (SSSR count). The van der Waals surface area contributed by atoms with Gasteiger partial charge in [0, 0.05) is 23.0 Å². The SMILES string of the molecule is CCNC(=NCC1(c2ccccc2Br)CC1)NCCC(F)(F)F. The summed E-state index contributed by atoms with van der Waals surface area (Å²) in [7, 11) is 0. The number of hydrogen-bond acceptors (Lipinski definition) is 1. The average Bonchev–Trinajstić information content (AvgIpc) is 3.25. The Labute approximate surface area is 142 Å². The van der Waals surface area contributed by atoms with Crippen LogP contribution in [-0.4, -0.2) is 31.8 Å². The molecular formula is C16H21BrF3N3. The number of hydrogen-bond donors (Lipinski definition) is 2. The number of nitrogens with zero attached hydrogens (tertiary/aromatic N) is 1. The maximum atomic E-state index is 12.2. The van der Waals surface area contributed by atoms with Crippen LogP contribution in [0.3, 0.4) is 0 Å². The lowest BCUT2D eigenvalue weighted by atomic mass is 9.96. The zero-order valence-electron chi connectivity index (χ0n) is 13.0. The molecule has 0 bridgehead atoms. The van der Waals surface area contributed by atoms with Crippen molar-refractivity contribution in [2.75, 3.05) is 19.6 Å². The molecule has 7 heteroatoms. The van der Waals surface area contributed by atoms with Crippen molar-refractivity contribution in [1.82, 2.24) is 10.6 Å². The van der Waals surface area contributed by atoms with Gasteiger partial charge in [0.15, 0.2) is 5.96 Å². The molecule has 23 heavy (non-hydrogen) atoms. The Kier molecular flexibility index (Phi) is 5.95. The van der Waals surface area contributed by atoms with E-state index in [9.17, 15) is 13.2 Å². The number of guanidine groups is 1. The van der Waals surface area contributed by atoms with Gasteiger partial charge < -0.3 is 10.6 Å². The van der Waals surface area contributed by atoms with Crippen molar-refractivity contribution in [3.05, 3.63) is 34.3 Å². The molecular weight excluding hydrogens is 371 g/mol. The molecule has 0 aliphatic heterocycles. The van der Waals surface area contributed by atoms with Crippen molar-refractivity contribution in [2.24, 2.45) is 4.99 Å². The van der Waals surface area contributed by atoms with Crippen LogP contribution in [0, 0.1) is 0 Å². The van der Waals surface area contributed by atoms with E-state index in [1.807, 2.05) is 25.1 Å². The highest BCUT2D eigenvalue weighted by Gasteiger charge is 2.45. The average molecular weight is 392 g/mol. The second kappa shape index (κ2) is 7.55. The van der Waals surface area contributed by atoms with Crippen molar-refractivity contribution < 1.29 is 13.2 Å². The molecule has 0 radical (unpaired) electrons. The van der Waals surface area contributed by atoms with E-state index in [4.69, 9.17) is 0 Å². The van der Waals surface area contributed by atoms with E-state index in [1.165, 1.54) is 5.56 Å². The Hall–Kier alpha value is -1.24. The van der Waals surface area contributed by atoms with Crippen LogP contribution < -0.4 is 10.6 Å². The number of nitrogens with one attached hydrogen (secondary N) is 2. The zero-order valence-corrected chi connectivity index (χ0v) is 14.6. The Morgan fingerprint density at radius 2 is 1.96 bits per heavy atom. The fourth-order valence-electron chi connectivity index (χ4n) is 2.45. The molecule has 1 aliphatic rings. The summed E-state index contributed by atoms with van der Waals surface area (Å²) >= 11 is 3.57. The summed E-state index contributed by atoms with van der Waals surface area (Å²) in [6, 6.07) is 8.05. The fourth-order valence-corrected chi connectivity index (χ4v) is 3.15. The van der Waals surface area contributed by atoms with Gasteiger partial charge in [0.05, 0.1) is 13.0 Å². The minimum Gasteiger partial charge on any atom is -0.357 e. The van der Waals surface area contributed by atoms with Crippen LogP contribution in [0.4, 0.5) is 13.2 Å². The molecule has 0 aromatic heterocycles. The largest absolute Gasteiger partial charge is 0.390 e. The molecule has 1 aromatic carbocycles. The topological polar surface area (TPSA) is 36.4 Å². The molecule has 0 spiro atoms. The van der Waals surface area contributed by atoms with Crippen molar-refractivity contribution in [3.8, 4) is 0 Å². The summed E-state index contributed by atoms with van der Waals surface area (Å²) in [5.74, 6) is 0.440. The number of aliphatic imine (C=N–C) groups is 1. The van der Waals surface area contributed by atoms with E-state index in [-0.39, 0.29) is 12.0 Å². The lowest BCUT2D eigenvalue weighted by Gasteiger charge is -2.17. The summed E-state index contributed by atoms with van der Waals surface area (Å²) in [5.41, 5.74) is 1.22. The van der Waals surface area contributed by atoms with Gasteiger partial charge >= 0.3 is 6.18 Å². The van der Waals surface area contributed by atoms with E-state index in [0.29, 0.717) is 19.0 Å². The molecule has 0 saturated heterocycles. The number of rotatable bonds is 6. The third kappa shape index (κ3) is 5.41. The monoisotopic (exact) mass is 391 g/mol. The molecule has 0 unspecified atom stereocenters. The highest BCUT2D eigenvalue weighted by Crippen LogP contribution is 2.50. The molecule has 3 nitrogen and oxygen atoms in total. The molecule has 1 aliphatic carbocycles. The van der Waals surface area contributed by atoms with Gasteiger partial charge in [-0.25, -0.2) is 0 Å². The van der Waals surface area contributed by atoms with Gasteiger partial charge in [0.25, 0.3) is 0 Å². The Bertz CT molecular complexity index is 554. The number of halogens is 4. The molecule has 0 atom stereocenters. The van der Waals surface area contributed by atoms with Crippen LogP contribution in [0.25, 0.3) is 0 Å². The summed E-state index contributed by atoms with van der Waals surface area (Å²) < 4.78 is 37.8. The van der Waals surface area contributed by atoms with Crippen LogP contribution in [0.2, 0.25) is 0 Å². The van der Waals surface area contributed by atoms with Gasteiger partial charge in [0.1, 0.15) is 0 Å². The lowest BCUT2D eigenvalue weighted by Crippen LogP contribution is -2.39. The first kappa shape index (κ1) is 18.1. The maximum Gasteiger partial charge on any atom is 0.390 e. The molecule has 0 amide bonds. The first-order valence-electron chi connectivity index (χ1n) is 7.70. The lowest BCUT2D eigenvalue weighted by molar-refractivity contribution is -0.132. The van der Waals surface area contributed by atoms with Crippen LogP contribution in [0.5, 0.6) is 0 Å². The minimum absolute atomic E-state index is 0.00642. The van der Waals surface area contributed by atoms with Crippen LogP contribution in [0.15, 0.2) is 33.7 Å². The highest BCUT2D eigenvalue weighted by molar-refractivity contribution is 9.10. The predicted octanol–water partition coefficient (Wildman–Crippen LogP) is 3.99. The molecule has 1 aromatic rings. The highest BCUT2D eigenvalue weighted by atomic mass is 79.9. The fraction of sp³-hybridized carbons (Fsp3) is 0.562. The van der Waals surface area contributed by atoms with Crippen LogP contribution >= 0.6 is 15.9 Å². The van der Waals surface area contributed by atoms with Crippen LogP contribution in [-0.2, 0) is 5.41 Å². The summed E-state index contributed by atoms with van der Waals surface area (Å²) in [4.78, 5) is 4.49. The summed E-state index contributed by atoms with van der Waals surface area (Å²) in [6.45, 7) is 2.90. The second-order valence-electron chi connectivity index (χ2n) is 5.75. The normalized spacial score (nSPS) is 17.0. The van der Waals surface area contributed by atoms with Gasteiger partial charge in [-0.15, -0.1) is 0 Å². The quantitative estimate of drug-likeness (QED) is 0.568. The zero-order chi connectivity index (χ0) is 16.9. The number of benzene rings is 1. The predicted molar refractivity (Wildman–Crippen MR) is 89.7 cm³/mol. The smallest absolute Gasteiger partial charge is 0.357 e. The van der Waals surface area contributed by atoms with Crippen molar-refractivity contribution >= 4 is 21.9 Å². The number of alkyl halides is 3. The molecule has 0 heterocycles. The first-order valence-corrected chi connectivity index (χ1v) is 8.49. The first-order chi connectivity index (χ1) is 10.9. The Balaban J connectivity index is 1.99. The Morgan fingerprint density at radius 1 is 1.26 bits per heavy atom. The summed E-state index contributed by atoms with van der Waals surface area (Å²) in [6.07, 6.45) is -2.94. The van der Waals surface area contributed by atoms with Crippen molar-refractivity contribution in [2.45, 2.75) is 37.8 Å². The van der Waals surface area contributed by atoms with Gasteiger partial charge in [-0.1, -0.05) is 34.1 Å².